The van der Waals surface area contributed by atoms with Gasteiger partial charge in [-0.2, -0.15) is 6.07 Å². The first-order chi connectivity index (χ1) is 21.1. The molecule has 0 amide bonds. The molecule has 0 fully saturated rings. The SMILES string of the molecule is Cc1cc(C)c(-c2ccc([S-])c3nc(Oc4[c-]c5c(cc4)c4ccccc4n5-c4cc(C(C)(C)C)ccn4)ccc23)c(C)c1.[Pt+2]. The van der Waals surface area contributed by atoms with Gasteiger partial charge in [0.05, 0.1) is 5.52 Å². The fourth-order valence-electron chi connectivity index (χ4n) is 6.35. The van der Waals surface area contributed by atoms with Gasteiger partial charge in [0.15, 0.2) is 0 Å². The van der Waals surface area contributed by atoms with Crippen LogP contribution in [0.4, 0.5) is 0 Å². The number of ether oxygens (including phenoxy) is 1. The van der Waals surface area contributed by atoms with E-state index in [0.29, 0.717) is 16.5 Å². The Hall–Kier alpha value is -4.05. The van der Waals surface area contributed by atoms with Crippen LogP contribution in [0.5, 0.6) is 11.6 Å². The molecule has 0 N–H and O–H groups in total. The topological polar surface area (TPSA) is 39.9 Å². The maximum Gasteiger partial charge on any atom is 2.00 e. The van der Waals surface area contributed by atoms with Crippen LogP contribution in [0.25, 0.3) is 49.7 Å². The summed E-state index contributed by atoms with van der Waals surface area (Å²) in [5.41, 5.74) is 10.0. The average Bonchev–Trinajstić information content (AvgIpc) is 3.31. The molecule has 0 aliphatic carbocycles. The van der Waals surface area contributed by atoms with Gasteiger partial charge in [0.2, 0.25) is 5.88 Å². The van der Waals surface area contributed by atoms with E-state index in [0.717, 1.165) is 44.1 Å². The van der Waals surface area contributed by atoms with Gasteiger partial charge in [-0.05, 0) is 83.7 Å². The van der Waals surface area contributed by atoms with Gasteiger partial charge in [-0.1, -0.05) is 74.3 Å². The number of aromatic nitrogens is 3. The molecule has 7 rings (SSSR count). The minimum Gasteiger partial charge on any atom is -0.778 e. The number of benzene rings is 4. The number of pyridine rings is 2. The summed E-state index contributed by atoms with van der Waals surface area (Å²) in [6, 6.07) is 32.7. The number of aryl methyl sites for hydroxylation is 3. The minimum atomic E-state index is -0.00351. The smallest absolute Gasteiger partial charge is 0.778 e. The van der Waals surface area contributed by atoms with Gasteiger partial charge in [0.1, 0.15) is 5.82 Å². The fourth-order valence-corrected chi connectivity index (χ4v) is 6.57. The van der Waals surface area contributed by atoms with Crippen molar-refractivity contribution in [1.82, 2.24) is 14.5 Å². The van der Waals surface area contributed by atoms with Crippen LogP contribution in [0, 0.1) is 26.8 Å². The zero-order chi connectivity index (χ0) is 30.7. The van der Waals surface area contributed by atoms with Crippen molar-refractivity contribution in [1.29, 1.82) is 0 Å². The van der Waals surface area contributed by atoms with Crippen LogP contribution >= 0.6 is 0 Å². The van der Waals surface area contributed by atoms with E-state index in [4.69, 9.17) is 27.3 Å². The third-order valence-electron chi connectivity index (χ3n) is 8.35. The van der Waals surface area contributed by atoms with Crippen LogP contribution in [-0.4, -0.2) is 14.5 Å². The molecule has 3 heterocycles. The van der Waals surface area contributed by atoms with Crippen molar-refractivity contribution in [3.8, 4) is 28.6 Å². The van der Waals surface area contributed by atoms with Gasteiger partial charge in [0, 0.05) is 28.9 Å². The maximum absolute atomic E-state index is 6.38. The molecular weight excluding hydrogens is 754 g/mol. The molecule has 0 aliphatic heterocycles. The van der Waals surface area contributed by atoms with Crippen LogP contribution in [-0.2, 0) is 39.1 Å². The predicted molar refractivity (Wildman–Crippen MR) is 183 cm³/mol. The van der Waals surface area contributed by atoms with E-state index in [2.05, 4.69) is 119 Å². The standard InChI is InChI=1S/C39H34N3OS.Pt/c1-23-19-24(2)37(25(3)20-23)30-13-15-34(44)38-31(30)14-16-36(41-38)43-27-11-12-29-28-9-7-8-10-32(28)42(33(29)22-27)35-21-26(17-18-40-35)39(4,5)6;/h7-21,44H,1-6H3;/q-1;+2/p-1. The van der Waals surface area contributed by atoms with Crippen molar-refractivity contribution in [3.05, 3.63) is 119 Å². The molecule has 4 nitrogen and oxygen atoms in total. The normalized spacial score (nSPS) is 11.7. The van der Waals surface area contributed by atoms with Crippen molar-refractivity contribution in [3.63, 3.8) is 0 Å². The second-order valence-electron chi connectivity index (χ2n) is 12.6. The molecule has 3 aromatic heterocycles. The van der Waals surface area contributed by atoms with E-state index in [-0.39, 0.29) is 26.5 Å². The Balaban J connectivity index is 0.00000357. The third kappa shape index (κ3) is 5.54. The second kappa shape index (κ2) is 11.7. The molecule has 0 saturated heterocycles. The summed E-state index contributed by atoms with van der Waals surface area (Å²) in [5.74, 6) is 1.91. The van der Waals surface area contributed by atoms with Crippen molar-refractivity contribution in [2.75, 3.05) is 0 Å². The Kier molecular flexibility index (Phi) is 8.05. The summed E-state index contributed by atoms with van der Waals surface area (Å²) in [4.78, 5) is 10.4. The molecule has 226 valence electrons. The van der Waals surface area contributed by atoms with Gasteiger partial charge in [-0.15, -0.1) is 22.4 Å². The molecular formula is C39H33N3OPtS. The van der Waals surface area contributed by atoms with Crippen LogP contribution in [0.3, 0.4) is 0 Å². The molecule has 45 heavy (non-hydrogen) atoms. The molecule has 0 atom stereocenters. The summed E-state index contributed by atoms with van der Waals surface area (Å²) in [6.07, 6.45) is 1.89. The first kappa shape index (κ1) is 31.0. The quantitative estimate of drug-likeness (QED) is 0.132. The zero-order valence-corrected chi connectivity index (χ0v) is 29.2. The Morgan fingerprint density at radius 3 is 2.29 bits per heavy atom. The van der Waals surface area contributed by atoms with E-state index in [1.807, 2.05) is 24.4 Å². The Morgan fingerprint density at radius 2 is 1.53 bits per heavy atom. The summed E-state index contributed by atoms with van der Waals surface area (Å²) < 4.78 is 8.54. The van der Waals surface area contributed by atoms with Gasteiger partial charge < -0.3 is 21.9 Å². The van der Waals surface area contributed by atoms with Gasteiger partial charge in [-0.25, -0.2) is 9.97 Å². The average molecular weight is 787 g/mol. The van der Waals surface area contributed by atoms with E-state index in [9.17, 15) is 0 Å². The van der Waals surface area contributed by atoms with E-state index in [1.165, 1.54) is 27.8 Å². The molecule has 0 spiro atoms. The number of rotatable bonds is 4. The second-order valence-corrected chi connectivity index (χ2v) is 13.1. The van der Waals surface area contributed by atoms with Crippen molar-refractivity contribution < 1.29 is 25.8 Å². The molecule has 4 aromatic carbocycles. The molecule has 0 saturated carbocycles. The number of nitrogens with zero attached hydrogens (tertiary/aromatic N) is 3. The molecule has 6 heteroatoms. The van der Waals surface area contributed by atoms with Crippen molar-refractivity contribution in [2.24, 2.45) is 0 Å². The van der Waals surface area contributed by atoms with Crippen LogP contribution in [0.15, 0.2) is 96.0 Å². The largest absolute Gasteiger partial charge is 2.00 e. The molecule has 0 radical (unpaired) electrons. The zero-order valence-electron chi connectivity index (χ0n) is 26.1. The number of fused-ring (bicyclic) bond motifs is 4. The number of para-hydroxylation sites is 1. The van der Waals surface area contributed by atoms with Crippen molar-refractivity contribution in [2.45, 2.75) is 51.9 Å². The van der Waals surface area contributed by atoms with Gasteiger partial charge in [0.25, 0.3) is 0 Å². The predicted octanol–water partition coefficient (Wildman–Crippen LogP) is 10.1. The fraction of sp³-hybridized carbons (Fsp3) is 0.179. The first-order valence-electron chi connectivity index (χ1n) is 14.9. The van der Waals surface area contributed by atoms with E-state index < -0.39 is 0 Å². The summed E-state index contributed by atoms with van der Waals surface area (Å²) in [6.45, 7) is 13.1. The maximum atomic E-state index is 6.38. The Labute approximate surface area is 284 Å². The summed E-state index contributed by atoms with van der Waals surface area (Å²) >= 11 is 5.75. The van der Waals surface area contributed by atoms with Crippen LogP contribution in [0.1, 0.15) is 43.0 Å². The van der Waals surface area contributed by atoms with Gasteiger partial charge in [-0.3, -0.25) is 0 Å². The summed E-state index contributed by atoms with van der Waals surface area (Å²) in [7, 11) is 0. The van der Waals surface area contributed by atoms with Crippen molar-refractivity contribution >= 4 is 45.3 Å². The van der Waals surface area contributed by atoms with Crippen LogP contribution < -0.4 is 4.74 Å². The molecule has 0 aliphatic rings. The minimum absolute atomic E-state index is 0. The number of hydrogen-bond acceptors (Lipinski definition) is 4. The molecule has 0 unspecified atom stereocenters. The van der Waals surface area contributed by atoms with Gasteiger partial charge >= 0.3 is 21.1 Å². The monoisotopic (exact) mass is 786 g/mol. The summed E-state index contributed by atoms with van der Waals surface area (Å²) in [5, 5.41) is 3.25. The Bertz CT molecular complexity index is 2220. The Morgan fingerprint density at radius 1 is 0.800 bits per heavy atom. The van der Waals surface area contributed by atoms with E-state index >= 15 is 0 Å². The first-order valence-corrected chi connectivity index (χ1v) is 15.3. The molecule has 0 bridgehead atoms. The third-order valence-corrected chi connectivity index (χ3v) is 8.68. The van der Waals surface area contributed by atoms with Crippen LogP contribution in [0.2, 0.25) is 0 Å². The van der Waals surface area contributed by atoms with E-state index in [1.54, 1.807) is 0 Å². The molecule has 7 aromatic rings. The number of hydrogen-bond donors (Lipinski definition) is 0.